The van der Waals surface area contributed by atoms with Crippen LogP contribution in [-0.2, 0) is 9.53 Å². The Morgan fingerprint density at radius 1 is 1.08 bits per heavy atom. The molecule has 2 aliphatic carbocycles. The van der Waals surface area contributed by atoms with Gasteiger partial charge in [-0.25, -0.2) is 0 Å². The molecule has 1 aliphatic heterocycles. The molecule has 3 nitrogen and oxygen atoms in total. The van der Waals surface area contributed by atoms with E-state index >= 15 is 0 Å². The maximum Gasteiger partial charge on any atom is 0.309 e. The molecule has 144 valence electrons. The van der Waals surface area contributed by atoms with Gasteiger partial charge in [0.25, 0.3) is 0 Å². The highest BCUT2D eigenvalue weighted by Crippen LogP contribution is 2.45. The van der Waals surface area contributed by atoms with E-state index in [1.54, 1.807) is 0 Å². The first-order valence-electron chi connectivity index (χ1n) is 11.1. The van der Waals surface area contributed by atoms with Crippen LogP contribution in [-0.4, -0.2) is 42.7 Å². The van der Waals surface area contributed by atoms with E-state index in [-0.39, 0.29) is 11.9 Å². The van der Waals surface area contributed by atoms with Crippen molar-refractivity contribution in [3.8, 4) is 0 Å². The van der Waals surface area contributed by atoms with Gasteiger partial charge in [0.15, 0.2) is 0 Å². The van der Waals surface area contributed by atoms with Gasteiger partial charge in [-0.15, -0.1) is 0 Å². The third kappa shape index (κ3) is 4.07. The highest BCUT2D eigenvalue weighted by Gasteiger charge is 2.52. The Morgan fingerprint density at radius 3 is 2.44 bits per heavy atom. The number of hydrogen-bond acceptors (Lipinski definition) is 2. The predicted molar refractivity (Wildman–Crippen MR) is 102 cm³/mol. The Hall–Kier alpha value is -0.570. The summed E-state index contributed by atoms with van der Waals surface area (Å²) in [6.45, 7) is 5.12. The van der Waals surface area contributed by atoms with Gasteiger partial charge in [-0.2, -0.15) is 0 Å². The minimum atomic E-state index is 0.109. The summed E-state index contributed by atoms with van der Waals surface area (Å²) in [6.07, 6.45) is 16.9. The van der Waals surface area contributed by atoms with Crippen LogP contribution in [0, 0.1) is 11.8 Å². The molecule has 0 N–H and O–H groups in total. The molecule has 3 aliphatic rings. The summed E-state index contributed by atoms with van der Waals surface area (Å²) < 4.78 is 7.03. The van der Waals surface area contributed by atoms with Crippen molar-refractivity contribution in [3.63, 3.8) is 0 Å². The summed E-state index contributed by atoms with van der Waals surface area (Å²) in [5, 5.41) is 0. The number of ether oxygens (including phenoxy) is 1. The number of nitrogens with zero attached hydrogens (tertiary/aromatic N) is 1. The Labute approximate surface area is 155 Å². The molecule has 0 bridgehead atoms. The molecule has 2 unspecified atom stereocenters. The van der Waals surface area contributed by atoms with Crippen LogP contribution < -0.4 is 0 Å². The number of rotatable bonds is 7. The van der Waals surface area contributed by atoms with Gasteiger partial charge in [-0.3, -0.25) is 4.79 Å². The number of likely N-dealkylation sites (N-methyl/N-ethyl adjacent to an activating group) is 1. The average molecular weight is 351 g/mol. The van der Waals surface area contributed by atoms with Crippen molar-refractivity contribution in [2.45, 2.75) is 95.9 Å². The van der Waals surface area contributed by atoms with E-state index in [0.29, 0.717) is 18.1 Å². The number of carbonyl (C=O) groups excluding carboxylic acids is 1. The van der Waals surface area contributed by atoms with Crippen LogP contribution in [0.15, 0.2) is 0 Å². The van der Waals surface area contributed by atoms with Gasteiger partial charge in [-0.05, 0) is 38.0 Å². The Balaban J connectivity index is 1.53. The third-order valence-electron chi connectivity index (χ3n) is 7.92. The molecule has 0 aromatic heterocycles. The van der Waals surface area contributed by atoms with Gasteiger partial charge in [0.1, 0.15) is 13.2 Å². The summed E-state index contributed by atoms with van der Waals surface area (Å²) in [5.74, 6) is 0.867. The zero-order chi connectivity index (χ0) is 17.8. The SMILES string of the molecule is CCCC(C(=O)OCC[N+]1(C)CCCC12CCCCC2)C1CCCC1. The maximum atomic E-state index is 12.7. The number of hydrogen-bond donors (Lipinski definition) is 0. The number of carbonyl (C=O) groups is 1. The lowest BCUT2D eigenvalue weighted by Gasteiger charge is -2.48. The van der Waals surface area contributed by atoms with E-state index in [2.05, 4.69) is 14.0 Å². The lowest BCUT2D eigenvalue weighted by molar-refractivity contribution is -0.948. The molecule has 0 aromatic rings. The lowest BCUT2D eigenvalue weighted by Crippen LogP contribution is -2.60. The van der Waals surface area contributed by atoms with Gasteiger partial charge >= 0.3 is 5.97 Å². The molecule has 1 spiro atoms. The third-order valence-corrected chi connectivity index (χ3v) is 7.92. The van der Waals surface area contributed by atoms with Gasteiger partial charge < -0.3 is 9.22 Å². The van der Waals surface area contributed by atoms with E-state index < -0.39 is 0 Å². The monoisotopic (exact) mass is 350 g/mol. The van der Waals surface area contributed by atoms with Crippen molar-refractivity contribution in [1.82, 2.24) is 0 Å². The molecule has 0 aromatic carbocycles. The van der Waals surface area contributed by atoms with Crippen molar-refractivity contribution in [2.75, 3.05) is 26.7 Å². The summed E-state index contributed by atoms with van der Waals surface area (Å²) in [6, 6.07) is 0. The Bertz CT molecular complexity index is 437. The number of quaternary nitrogens is 1. The fraction of sp³-hybridized carbons (Fsp3) is 0.955. The smallest absolute Gasteiger partial charge is 0.309 e. The van der Waals surface area contributed by atoms with Gasteiger partial charge in [0, 0.05) is 25.7 Å². The van der Waals surface area contributed by atoms with Crippen LogP contribution in [0.25, 0.3) is 0 Å². The first-order chi connectivity index (χ1) is 12.1. The average Bonchev–Trinajstić information content (AvgIpc) is 3.23. The first kappa shape index (κ1) is 19.2. The summed E-state index contributed by atoms with van der Waals surface area (Å²) in [7, 11) is 2.44. The van der Waals surface area contributed by atoms with Crippen molar-refractivity contribution < 1.29 is 14.0 Å². The Kier molecular flexibility index (Phi) is 6.46. The van der Waals surface area contributed by atoms with E-state index in [9.17, 15) is 4.79 Å². The van der Waals surface area contributed by atoms with E-state index in [1.807, 2.05) is 0 Å². The lowest BCUT2D eigenvalue weighted by atomic mass is 9.78. The normalized spacial score (nSPS) is 30.6. The van der Waals surface area contributed by atoms with Gasteiger partial charge in [-0.1, -0.05) is 32.6 Å². The molecule has 3 heteroatoms. The highest BCUT2D eigenvalue weighted by molar-refractivity contribution is 5.72. The van der Waals surface area contributed by atoms with Crippen LogP contribution in [0.5, 0.6) is 0 Å². The van der Waals surface area contributed by atoms with Gasteiger partial charge in [0.05, 0.1) is 25.0 Å². The summed E-state index contributed by atoms with van der Waals surface area (Å²) in [4.78, 5) is 12.7. The fourth-order valence-corrected chi connectivity index (χ4v) is 6.28. The summed E-state index contributed by atoms with van der Waals surface area (Å²) in [5.41, 5.74) is 0.499. The predicted octanol–water partition coefficient (Wildman–Crippen LogP) is 5.08. The second-order valence-electron chi connectivity index (χ2n) is 9.34. The molecular formula is C22H40NO2+. The minimum absolute atomic E-state index is 0.109. The van der Waals surface area contributed by atoms with Crippen molar-refractivity contribution in [3.05, 3.63) is 0 Å². The van der Waals surface area contributed by atoms with E-state index in [0.717, 1.165) is 23.9 Å². The second-order valence-corrected chi connectivity index (χ2v) is 9.34. The minimum Gasteiger partial charge on any atom is -0.459 e. The van der Waals surface area contributed by atoms with Crippen molar-refractivity contribution in [1.29, 1.82) is 0 Å². The molecule has 0 radical (unpaired) electrons. The topological polar surface area (TPSA) is 26.3 Å². The fourth-order valence-electron chi connectivity index (χ4n) is 6.28. The van der Waals surface area contributed by atoms with Crippen molar-refractivity contribution >= 4 is 5.97 Å². The molecular weight excluding hydrogens is 310 g/mol. The molecule has 3 fully saturated rings. The standard InChI is InChI=1S/C22H40NO2/c1-3-10-20(19-11-5-6-12-19)21(24)25-18-17-23(2)16-9-15-22(23)13-7-4-8-14-22/h19-20H,3-18H2,1-2H3/q+1. The highest BCUT2D eigenvalue weighted by atomic mass is 16.5. The molecule has 2 atom stereocenters. The Morgan fingerprint density at radius 2 is 1.76 bits per heavy atom. The molecule has 25 heavy (non-hydrogen) atoms. The van der Waals surface area contributed by atoms with Crippen LogP contribution in [0.3, 0.4) is 0 Å². The van der Waals surface area contributed by atoms with Crippen LogP contribution in [0.4, 0.5) is 0 Å². The van der Waals surface area contributed by atoms with E-state index in [1.165, 1.54) is 77.2 Å². The second kappa shape index (κ2) is 8.41. The number of esters is 1. The quantitative estimate of drug-likeness (QED) is 0.473. The van der Waals surface area contributed by atoms with Crippen LogP contribution >= 0.6 is 0 Å². The zero-order valence-electron chi connectivity index (χ0n) is 16.7. The van der Waals surface area contributed by atoms with Gasteiger partial charge in [0.2, 0.25) is 0 Å². The van der Waals surface area contributed by atoms with Crippen molar-refractivity contribution in [2.24, 2.45) is 11.8 Å². The molecule has 1 saturated heterocycles. The molecule has 1 heterocycles. The molecule has 3 rings (SSSR count). The van der Waals surface area contributed by atoms with E-state index in [4.69, 9.17) is 4.74 Å². The number of likely N-dealkylation sites (tertiary alicyclic amines) is 1. The summed E-state index contributed by atoms with van der Waals surface area (Å²) >= 11 is 0. The van der Waals surface area contributed by atoms with Crippen LogP contribution in [0.2, 0.25) is 0 Å². The van der Waals surface area contributed by atoms with Crippen LogP contribution in [0.1, 0.15) is 90.4 Å². The largest absolute Gasteiger partial charge is 0.459 e. The first-order valence-corrected chi connectivity index (χ1v) is 11.1. The molecule has 0 amide bonds. The molecule has 2 saturated carbocycles. The zero-order valence-corrected chi connectivity index (χ0v) is 16.7. The maximum absolute atomic E-state index is 12.7.